The largest absolute Gasteiger partial charge is 0.206 e. The van der Waals surface area contributed by atoms with Gasteiger partial charge in [-0.3, -0.25) is 0 Å². The highest BCUT2D eigenvalue weighted by Crippen LogP contribution is 2.41. The first kappa shape index (κ1) is 25.7. The van der Waals surface area contributed by atoms with Gasteiger partial charge in [-0.25, -0.2) is 8.78 Å². The first-order valence-electron chi connectivity index (χ1n) is 13.8. The highest BCUT2D eigenvalue weighted by Gasteiger charge is 2.26. The molecular formula is C31H41ClF2. The Morgan fingerprint density at radius 2 is 1.21 bits per heavy atom. The Balaban J connectivity index is 1.23. The van der Waals surface area contributed by atoms with E-state index in [0.29, 0.717) is 10.6 Å². The van der Waals surface area contributed by atoms with E-state index in [1.54, 1.807) is 36.4 Å². The summed E-state index contributed by atoms with van der Waals surface area (Å²) < 4.78 is 29.8. The van der Waals surface area contributed by atoms with Gasteiger partial charge in [0.25, 0.3) is 0 Å². The van der Waals surface area contributed by atoms with Crippen LogP contribution in [-0.2, 0) is 0 Å². The Morgan fingerprint density at radius 3 is 1.74 bits per heavy atom. The van der Waals surface area contributed by atoms with Gasteiger partial charge in [0.2, 0.25) is 0 Å². The van der Waals surface area contributed by atoms with Crippen LogP contribution in [0.25, 0.3) is 11.1 Å². The minimum atomic E-state index is -0.468. The monoisotopic (exact) mass is 486 g/mol. The number of rotatable bonds is 9. The normalized spacial score (nSPS) is 25.4. The Kier molecular flexibility index (Phi) is 9.46. The van der Waals surface area contributed by atoms with E-state index in [2.05, 4.69) is 6.92 Å². The molecule has 0 amide bonds. The lowest BCUT2D eigenvalue weighted by Crippen LogP contribution is -2.18. The van der Waals surface area contributed by atoms with E-state index in [1.165, 1.54) is 77.0 Å². The van der Waals surface area contributed by atoms with Gasteiger partial charge in [0.05, 0.1) is 5.56 Å². The highest BCUT2D eigenvalue weighted by atomic mass is 35.5. The second kappa shape index (κ2) is 12.5. The zero-order valence-electron chi connectivity index (χ0n) is 20.8. The fraction of sp³-hybridized carbons (Fsp3) is 0.613. The number of hydrogen-bond donors (Lipinski definition) is 0. The first-order valence-corrected chi connectivity index (χ1v) is 14.2. The lowest BCUT2D eigenvalue weighted by Gasteiger charge is -2.32. The van der Waals surface area contributed by atoms with Crippen molar-refractivity contribution in [2.45, 2.75) is 103 Å². The van der Waals surface area contributed by atoms with E-state index in [0.717, 1.165) is 36.2 Å². The second-order valence-electron chi connectivity index (χ2n) is 11.0. The third-order valence-electron chi connectivity index (χ3n) is 8.68. The van der Waals surface area contributed by atoms with Crippen molar-refractivity contribution in [1.29, 1.82) is 0 Å². The summed E-state index contributed by atoms with van der Waals surface area (Å²) in [5.41, 5.74) is 1.41. The van der Waals surface area contributed by atoms with E-state index >= 15 is 0 Å². The highest BCUT2D eigenvalue weighted by molar-refractivity contribution is 6.30. The summed E-state index contributed by atoms with van der Waals surface area (Å²) in [6.07, 6.45) is 18.6. The molecule has 0 heterocycles. The average molecular weight is 487 g/mol. The number of benzene rings is 2. The Hall–Kier alpha value is -1.41. The molecule has 0 radical (unpaired) electrons. The van der Waals surface area contributed by atoms with Crippen molar-refractivity contribution in [2.24, 2.45) is 17.8 Å². The minimum Gasteiger partial charge on any atom is -0.206 e. The molecule has 34 heavy (non-hydrogen) atoms. The Morgan fingerprint density at radius 1 is 0.706 bits per heavy atom. The molecule has 2 saturated carbocycles. The molecule has 3 heteroatoms. The van der Waals surface area contributed by atoms with Crippen LogP contribution in [0.4, 0.5) is 8.78 Å². The second-order valence-corrected chi connectivity index (χ2v) is 11.5. The summed E-state index contributed by atoms with van der Waals surface area (Å²) in [6.45, 7) is 2.29. The Labute approximate surface area is 210 Å². The van der Waals surface area contributed by atoms with Crippen LogP contribution in [0.15, 0.2) is 36.4 Å². The van der Waals surface area contributed by atoms with Crippen molar-refractivity contribution in [1.82, 2.24) is 0 Å². The predicted octanol–water partition coefficient (Wildman–Crippen LogP) is 10.7. The molecule has 2 fully saturated rings. The zero-order chi connectivity index (χ0) is 23.9. The van der Waals surface area contributed by atoms with Crippen molar-refractivity contribution in [3.8, 4) is 11.1 Å². The average Bonchev–Trinajstić information content (AvgIpc) is 2.85. The first-order chi connectivity index (χ1) is 16.5. The molecule has 0 bridgehead atoms. The lowest BCUT2D eigenvalue weighted by molar-refractivity contribution is 0.222. The molecular weight excluding hydrogens is 446 g/mol. The SMILES string of the molecule is CCCCCC1CCC(CCC2CCC(c3cc(F)c(-c4ccc(Cl)cc4)c(F)c3)CC2)CC1. The fourth-order valence-electron chi connectivity index (χ4n) is 6.47. The molecule has 0 spiro atoms. The third-order valence-corrected chi connectivity index (χ3v) is 8.93. The van der Waals surface area contributed by atoms with Crippen molar-refractivity contribution in [3.05, 3.63) is 58.6 Å². The standard InChI is InChI=1S/C31H41ClF2/c1-2-3-4-5-22-6-8-23(9-7-22)10-11-24-12-14-25(15-13-24)27-20-29(33)31(30(34)21-27)26-16-18-28(32)19-17-26/h16-25H,2-15H2,1H3. The number of halogens is 3. The fourth-order valence-corrected chi connectivity index (χ4v) is 6.59. The molecule has 2 aromatic carbocycles. The van der Waals surface area contributed by atoms with Crippen LogP contribution < -0.4 is 0 Å². The topological polar surface area (TPSA) is 0 Å². The predicted molar refractivity (Wildman–Crippen MR) is 140 cm³/mol. The molecule has 0 aliphatic heterocycles. The van der Waals surface area contributed by atoms with E-state index < -0.39 is 11.6 Å². The molecule has 0 aromatic heterocycles. The summed E-state index contributed by atoms with van der Waals surface area (Å²) in [5.74, 6) is 2.06. The summed E-state index contributed by atoms with van der Waals surface area (Å²) >= 11 is 5.92. The molecule has 0 saturated heterocycles. The van der Waals surface area contributed by atoms with Crippen molar-refractivity contribution < 1.29 is 8.78 Å². The number of hydrogen-bond acceptors (Lipinski definition) is 0. The summed E-state index contributed by atoms with van der Waals surface area (Å²) in [7, 11) is 0. The zero-order valence-corrected chi connectivity index (χ0v) is 21.6. The van der Waals surface area contributed by atoms with E-state index in [1.807, 2.05) is 0 Å². The summed E-state index contributed by atoms with van der Waals surface area (Å²) in [6, 6.07) is 9.82. The van der Waals surface area contributed by atoms with Gasteiger partial charge < -0.3 is 0 Å². The van der Waals surface area contributed by atoms with Crippen LogP contribution >= 0.6 is 11.6 Å². The van der Waals surface area contributed by atoms with Gasteiger partial charge in [0.15, 0.2) is 0 Å². The van der Waals surface area contributed by atoms with Crippen LogP contribution in [0.3, 0.4) is 0 Å². The number of unbranched alkanes of at least 4 members (excludes halogenated alkanes) is 2. The maximum atomic E-state index is 14.9. The van der Waals surface area contributed by atoms with Crippen LogP contribution in [0, 0.1) is 29.4 Å². The van der Waals surface area contributed by atoms with Crippen molar-refractivity contribution in [3.63, 3.8) is 0 Å². The van der Waals surface area contributed by atoms with Crippen molar-refractivity contribution >= 4 is 11.6 Å². The van der Waals surface area contributed by atoms with Crippen LogP contribution in [-0.4, -0.2) is 0 Å². The van der Waals surface area contributed by atoms with Crippen LogP contribution in [0.5, 0.6) is 0 Å². The van der Waals surface area contributed by atoms with Gasteiger partial charge >= 0.3 is 0 Å². The summed E-state index contributed by atoms with van der Waals surface area (Å²) in [4.78, 5) is 0. The Bertz CT molecular complexity index is 867. The van der Waals surface area contributed by atoms with E-state index in [-0.39, 0.29) is 11.5 Å². The quantitative estimate of drug-likeness (QED) is 0.309. The van der Waals surface area contributed by atoms with Gasteiger partial charge in [0.1, 0.15) is 11.6 Å². The van der Waals surface area contributed by atoms with Crippen LogP contribution in [0.2, 0.25) is 5.02 Å². The van der Waals surface area contributed by atoms with E-state index in [9.17, 15) is 8.78 Å². The smallest absolute Gasteiger partial charge is 0.134 e. The molecule has 0 atom stereocenters. The summed E-state index contributed by atoms with van der Waals surface area (Å²) in [5, 5.41) is 0.563. The molecule has 4 rings (SSSR count). The molecule has 2 aliphatic carbocycles. The molecule has 186 valence electrons. The molecule has 2 aliphatic rings. The van der Waals surface area contributed by atoms with Crippen molar-refractivity contribution in [2.75, 3.05) is 0 Å². The van der Waals surface area contributed by atoms with Gasteiger partial charge in [-0.05, 0) is 84.7 Å². The lowest BCUT2D eigenvalue weighted by atomic mass is 9.74. The van der Waals surface area contributed by atoms with Crippen LogP contribution in [0.1, 0.15) is 108 Å². The van der Waals surface area contributed by atoms with Gasteiger partial charge in [-0.2, -0.15) is 0 Å². The maximum absolute atomic E-state index is 14.9. The molecule has 0 unspecified atom stereocenters. The molecule has 0 nitrogen and oxygen atoms in total. The minimum absolute atomic E-state index is 0.0502. The van der Waals surface area contributed by atoms with E-state index in [4.69, 9.17) is 11.6 Å². The van der Waals surface area contributed by atoms with Gasteiger partial charge in [-0.15, -0.1) is 0 Å². The van der Waals surface area contributed by atoms with Gasteiger partial charge in [0, 0.05) is 5.02 Å². The molecule has 0 N–H and O–H groups in total. The third kappa shape index (κ3) is 6.84. The maximum Gasteiger partial charge on any atom is 0.134 e. The molecule has 2 aromatic rings. The van der Waals surface area contributed by atoms with Gasteiger partial charge in [-0.1, -0.05) is 94.9 Å².